The van der Waals surface area contributed by atoms with E-state index in [1.807, 2.05) is 11.3 Å². The first-order chi connectivity index (χ1) is 40.8. The second-order valence-electron chi connectivity index (χ2n) is 27.6. The standard InChI is InChI=1S/C79H72BN3OS/c1-49-45-65-73-66(46-49)83(63-41-39-59-72(70(63)51-25-16-13-17-26-51)79(10,11)44-43-78(59,8)9)74-58-47-53(77(5,6)7)35-42-69(58)85-75(74)80(73)60-40-38-55(48-64(60)82(65)62-30-22-32-68-71(62)57-28-19-21-31-67(57)84-68)81(54-36-33-52(34-37-54)76(2,3)4)61-29-20-18-27-56(61)50-23-14-12-15-24-50/h12-42,45-48H,43-44H2,1-11H3. The third-order valence-electron chi connectivity index (χ3n) is 19.0. The van der Waals surface area contributed by atoms with Crippen molar-refractivity contribution in [3.63, 3.8) is 0 Å². The molecule has 85 heavy (non-hydrogen) atoms. The lowest BCUT2D eigenvalue weighted by atomic mass is 9.36. The highest BCUT2D eigenvalue weighted by atomic mass is 32.1. The molecule has 4 heterocycles. The Morgan fingerprint density at radius 3 is 1.88 bits per heavy atom. The van der Waals surface area contributed by atoms with E-state index in [-0.39, 0.29) is 28.4 Å². The molecule has 418 valence electrons. The van der Waals surface area contributed by atoms with E-state index < -0.39 is 0 Å². The summed E-state index contributed by atoms with van der Waals surface area (Å²) in [5.74, 6) is 0. The van der Waals surface area contributed by atoms with E-state index in [9.17, 15) is 0 Å². The summed E-state index contributed by atoms with van der Waals surface area (Å²) in [5.41, 5.74) is 26.3. The Hall–Kier alpha value is -8.58. The van der Waals surface area contributed by atoms with Gasteiger partial charge in [0.05, 0.1) is 28.1 Å². The average molecular weight is 1120 g/mol. The van der Waals surface area contributed by atoms with Crippen LogP contribution in [0.5, 0.6) is 0 Å². The van der Waals surface area contributed by atoms with Crippen molar-refractivity contribution in [2.75, 3.05) is 14.7 Å². The van der Waals surface area contributed by atoms with Crippen LogP contribution in [0, 0.1) is 6.92 Å². The molecular weight excluding hydrogens is 1050 g/mol. The zero-order valence-corrected chi connectivity index (χ0v) is 51.7. The lowest BCUT2D eigenvalue weighted by Gasteiger charge is -2.46. The number of anilines is 9. The van der Waals surface area contributed by atoms with Crippen LogP contribution in [0.1, 0.15) is 110 Å². The number of benzene rings is 10. The van der Waals surface area contributed by atoms with Crippen LogP contribution in [-0.2, 0) is 21.7 Å². The van der Waals surface area contributed by atoms with Crippen molar-refractivity contribution in [1.82, 2.24) is 0 Å². The SMILES string of the molecule is Cc1cc2c3c(c1)N(c1cccc4oc5ccccc5c14)c1cc(N(c4ccc(C(C)(C)C)cc4)c4ccccc4-c4ccccc4)ccc1B3c1sc3ccc(C(C)(C)C)cc3c1N2c1ccc2c(c1-c1ccccc1)C(C)(C)CCC2(C)C. The van der Waals surface area contributed by atoms with E-state index in [1.54, 1.807) is 0 Å². The molecular formula is C79H72BN3OS. The summed E-state index contributed by atoms with van der Waals surface area (Å²) in [5, 5.41) is 3.50. The van der Waals surface area contributed by atoms with Crippen molar-refractivity contribution < 1.29 is 4.42 Å². The minimum Gasteiger partial charge on any atom is -0.456 e. The largest absolute Gasteiger partial charge is 0.456 e. The van der Waals surface area contributed by atoms with Gasteiger partial charge in [-0.25, -0.2) is 0 Å². The fraction of sp³-hybridized carbons (Fsp3) is 0.215. The van der Waals surface area contributed by atoms with Crippen molar-refractivity contribution >= 4 is 117 Å². The monoisotopic (exact) mass is 1120 g/mol. The van der Waals surface area contributed by atoms with Gasteiger partial charge in [-0.3, -0.25) is 0 Å². The number of fused-ring (bicyclic) bond motifs is 10. The molecule has 0 saturated carbocycles. The molecule has 12 aromatic rings. The van der Waals surface area contributed by atoms with Crippen LogP contribution >= 0.6 is 11.3 Å². The predicted molar refractivity (Wildman–Crippen MR) is 366 cm³/mol. The normalized spacial score (nSPS) is 15.0. The molecule has 0 saturated heterocycles. The third-order valence-corrected chi connectivity index (χ3v) is 20.3. The molecule has 0 bridgehead atoms. The Bertz CT molecular complexity index is 4650. The Balaban J connectivity index is 1.07. The van der Waals surface area contributed by atoms with E-state index >= 15 is 0 Å². The quantitative estimate of drug-likeness (QED) is 0.148. The molecule has 0 N–H and O–H groups in total. The van der Waals surface area contributed by atoms with Crippen molar-refractivity contribution in [2.24, 2.45) is 0 Å². The fourth-order valence-corrected chi connectivity index (χ4v) is 15.9. The summed E-state index contributed by atoms with van der Waals surface area (Å²) in [7, 11) is 0. The smallest absolute Gasteiger partial charge is 0.264 e. The average Bonchev–Trinajstić information content (AvgIpc) is 2.11. The van der Waals surface area contributed by atoms with Crippen LogP contribution in [0.15, 0.2) is 217 Å². The van der Waals surface area contributed by atoms with Gasteiger partial charge >= 0.3 is 0 Å². The summed E-state index contributed by atoms with van der Waals surface area (Å²) in [4.78, 5) is 7.84. The molecule has 2 aromatic heterocycles. The van der Waals surface area contributed by atoms with Crippen LogP contribution in [0.4, 0.5) is 51.2 Å². The number of para-hydroxylation sites is 2. The molecule has 6 heteroatoms. The summed E-state index contributed by atoms with van der Waals surface area (Å²) in [6.07, 6.45) is 2.25. The maximum absolute atomic E-state index is 6.81. The second-order valence-corrected chi connectivity index (χ2v) is 28.7. The first-order valence-electron chi connectivity index (χ1n) is 30.5. The van der Waals surface area contributed by atoms with E-state index in [1.165, 1.54) is 98.6 Å². The molecule has 10 aromatic carbocycles. The molecule has 0 amide bonds. The van der Waals surface area contributed by atoms with Gasteiger partial charge in [0.1, 0.15) is 11.2 Å². The molecule has 0 fully saturated rings. The number of aryl methyl sites for hydroxylation is 1. The molecule has 2 aliphatic heterocycles. The van der Waals surface area contributed by atoms with Gasteiger partial charge in [0, 0.05) is 59.8 Å². The van der Waals surface area contributed by atoms with Gasteiger partial charge in [-0.05, 0) is 170 Å². The zero-order chi connectivity index (χ0) is 58.5. The van der Waals surface area contributed by atoms with Crippen LogP contribution in [0.3, 0.4) is 0 Å². The van der Waals surface area contributed by atoms with Crippen molar-refractivity contribution in [2.45, 2.75) is 111 Å². The Morgan fingerprint density at radius 1 is 0.506 bits per heavy atom. The molecule has 15 rings (SSSR count). The van der Waals surface area contributed by atoms with Gasteiger partial charge in [0.25, 0.3) is 6.71 Å². The fourth-order valence-electron chi connectivity index (χ4n) is 14.6. The maximum Gasteiger partial charge on any atom is 0.264 e. The van der Waals surface area contributed by atoms with Crippen LogP contribution in [-0.4, -0.2) is 6.71 Å². The zero-order valence-electron chi connectivity index (χ0n) is 50.9. The number of hydrogen-bond donors (Lipinski definition) is 0. The number of rotatable bonds is 7. The Labute approximate surface area is 506 Å². The summed E-state index contributed by atoms with van der Waals surface area (Å²) >= 11 is 1.98. The van der Waals surface area contributed by atoms with Crippen molar-refractivity contribution in [3.05, 3.63) is 240 Å². The van der Waals surface area contributed by atoms with E-state index in [0.29, 0.717) is 0 Å². The Morgan fingerprint density at radius 2 is 1.14 bits per heavy atom. The number of thiophene rings is 1. The van der Waals surface area contributed by atoms with Gasteiger partial charge < -0.3 is 19.1 Å². The van der Waals surface area contributed by atoms with Gasteiger partial charge in [-0.2, -0.15) is 0 Å². The van der Waals surface area contributed by atoms with Gasteiger partial charge in [0.15, 0.2) is 0 Å². The third kappa shape index (κ3) is 8.45. The maximum atomic E-state index is 6.81. The lowest BCUT2D eigenvalue weighted by Crippen LogP contribution is -2.60. The molecule has 3 aliphatic rings. The number of nitrogens with zero attached hydrogens (tertiary/aromatic N) is 3. The molecule has 4 nitrogen and oxygen atoms in total. The minimum atomic E-state index is -0.0998. The van der Waals surface area contributed by atoms with Crippen LogP contribution < -0.4 is 30.4 Å². The van der Waals surface area contributed by atoms with Gasteiger partial charge in [-0.1, -0.05) is 203 Å². The lowest BCUT2D eigenvalue weighted by molar-refractivity contribution is 0.333. The van der Waals surface area contributed by atoms with Crippen LogP contribution in [0.25, 0.3) is 54.3 Å². The first kappa shape index (κ1) is 53.2. The van der Waals surface area contributed by atoms with Crippen molar-refractivity contribution in [3.8, 4) is 22.3 Å². The topological polar surface area (TPSA) is 22.9 Å². The van der Waals surface area contributed by atoms with Crippen molar-refractivity contribution in [1.29, 1.82) is 0 Å². The highest BCUT2D eigenvalue weighted by Crippen LogP contribution is 2.57. The highest BCUT2D eigenvalue weighted by molar-refractivity contribution is 7.33. The summed E-state index contributed by atoms with van der Waals surface area (Å²) < 4.78 is 9.47. The molecule has 0 unspecified atom stereocenters. The highest BCUT2D eigenvalue weighted by Gasteiger charge is 2.48. The van der Waals surface area contributed by atoms with E-state index in [4.69, 9.17) is 4.42 Å². The van der Waals surface area contributed by atoms with E-state index in [0.717, 1.165) is 63.2 Å². The van der Waals surface area contributed by atoms with E-state index in [2.05, 4.69) is 303 Å². The van der Waals surface area contributed by atoms with Gasteiger partial charge in [-0.15, -0.1) is 11.3 Å². The first-order valence-corrected chi connectivity index (χ1v) is 31.3. The predicted octanol–water partition coefficient (Wildman–Crippen LogP) is 20.9. The molecule has 0 radical (unpaired) electrons. The summed E-state index contributed by atoms with van der Waals surface area (Å²) in [6, 6.07) is 80.3. The Kier molecular flexibility index (Phi) is 12.0. The molecule has 1 aliphatic carbocycles. The number of furan rings is 1. The van der Waals surface area contributed by atoms with Gasteiger partial charge in [0.2, 0.25) is 0 Å². The second kappa shape index (κ2) is 19.2. The molecule has 0 atom stereocenters. The molecule has 0 spiro atoms. The minimum absolute atomic E-state index is 0.00780. The number of hydrogen-bond acceptors (Lipinski definition) is 5. The summed E-state index contributed by atoms with van der Waals surface area (Å²) in [6.45, 7) is 26.0. The van der Waals surface area contributed by atoms with Crippen LogP contribution in [0.2, 0.25) is 0 Å².